The largest absolute Gasteiger partial charge is 0.184 e. The SMILES string of the molecule is CCCc1cc2c(-c3ccccc3C(C)C)cccc2[cH-]1.CCCc1cc2c(-c3ccccc3C(C)C)cccc2[cH-]1.[Hf].[c-]1cccc2c1[Si]c1ccccc1-2. The Bertz CT molecular complexity index is 2330. The number of aryl methyl sites for hydroxylation is 2. The molecule has 280 valence electrons. The van der Waals surface area contributed by atoms with E-state index in [4.69, 9.17) is 0 Å². The van der Waals surface area contributed by atoms with Crippen LogP contribution in [0.3, 0.4) is 0 Å². The molecule has 0 amide bonds. The average molecular weight is 909 g/mol. The Morgan fingerprint density at radius 3 is 1.45 bits per heavy atom. The van der Waals surface area contributed by atoms with Gasteiger partial charge in [0.05, 0.1) is 9.52 Å². The fourth-order valence-electron chi connectivity index (χ4n) is 8.15. The van der Waals surface area contributed by atoms with E-state index >= 15 is 0 Å². The number of fused-ring (bicyclic) bond motifs is 5. The molecule has 0 bridgehead atoms. The molecule has 0 atom stereocenters. The van der Waals surface area contributed by atoms with Gasteiger partial charge in [-0.05, 0) is 46.9 Å². The minimum atomic E-state index is 0. The van der Waals surface area contributed by atoms with Crippen LogP contribution in [0.15, 0.2) is 152 Å². The summed E-state index contributed by atoms with van der Waals surface area (Å²) in [5.74, 6) is 1.09. The van der Waals surface area contributed by atoms with Crippen molar-refractivity contribution in [1.29, 1.82) is 0 Å². The molecule has 1 aliphatic rings. The Labute approximate surface area is 357 Å². The molecule has 0 fully saturated rings. The summed E-state index contributed by atoms with van der Waals surface area (Å²) in [5, 5.41) is 8.36. The van der Waals surface area contributed by atoms with Crippen molar-refractivity contribution in [2.45, 2.75) is 79.1 Å². The number of hydrogen-bond acceptors (Lipinski definition) is 0. The van der Waals surface area contributed by atoms with Crippen LogP contribution < -0.4 is 10.4 Å². The van der Waals surface area contributed by atoms with Crippen LogP contribution in [-0.4, -0.2) is 9.52 Å². The third-order valence-electron chi connectivity index (χ3n) is 10.8. The van der Waals surface area contributed by atoms with Crippen molar-refractivity contribution >= 4 is 41.4 Å². The second-order valence-electron chi connectivity index (χ2n) is 15.5. The van der Waals surface area contributed by atoms with Gasteiger partial charge in [0.1, 0.15) is 0 Å². The molecule has 9 rings (SSSR count). The van der Waals surface area contributed by atoms with Crippen LogP contribution in [0.4, 0.5) is 0 Å². The Morgan fingerprint density at radius 1 is 0.500 bits per heavy atom. The predicted octanol–water partition coefficient (Wildman–Crippen LogP) is 13.7. The van der Waals surface area contributed by atoms with Gasteiger partial charge in [0, 0.05) is 25.8 Å². The van der Waals surface area contributed by atoms with Gasteiger partial charge in [-0.25, -0.2) is 0 Å². The zero-order chi connectivity index (χ0) is 38.3. The van der Waals surface area contributed by atoms with Crippen LogP contribution in [0.25, 0.3) is 54.9 Å². The van der Waals surface area contributed by atoms with E-state index in [0.29, 0.717) is 11.8 Å². The van der Waals surface area contributed by atoms with Crippen LogP contribution in [0.2, 0.25) is 0 Å². The molecular formula is C54H53HfSi-3. The van der Waals surface area contributed by atoms with Gasteiger partial charge in [0.2, 0.25) is 0 Å². The maximum Gasteiger partial charge on any atom is 0.0920 e. The summed E-state index contributed by atoms with van der Waals surface area (Å²) in [7, 11) is 0.795. The minimum Gasteiger partial charge on any atom is -0.184 e. The van der Waals surface area contributed by atoms with E-state index in [9.17, 15) is 0 Å². The first-order chi connectivity index (χ1) is 26.9. The van der Waals surface area contributed by atoms with Crippen molar-refractivity contribution < 1.29 is 25.8 Å². The zero-order valence-electron chi connectivity index (χ0n) is 33.9. The summed E-state index contributed by atoms with van der Waals surface area (Å²) in [6, 6.07) is 58.6. The van der Waals surface area contributed by atoms with E-state index in [1.807, 2.05) is 6.07 Å². The van der Waals surface area contributed by atoms with Crippen molar-refractivity contribution in [2.24, 2.45) is 0 Å². The van der Waals surface area contributed by atoms with Crippen molar-refractivity contribution in [3.8, 4) is 33.4 Å². The fraction of sp³-hybridized carbons (Fsp3) is 0.222. The van der Waals surface area contributed by atoms with Crippen molar-refractivity contribution in [3.05, 3.63) is 180 Å². The van der Waals surface area contributed by atoms with Gasteiger partial charge < -0.3 is 0 Å². The first kappa shape index (κ1) is 41.3. The second-order valence-corrected chi connectivity index (χ2v) is 16.7. The number of benzene rings is 6. The molecule has 1 aliphatic heterocycles. The van der Waals surface area contributed by atoms with E-state index in [1.54, 1.807) is 0 Å². The summed E-state index contributed by atoms with van der Waals surface area (Å²) < 4.78 is 0. The smallest absolute Gasteiger partial charge is 0.0920 e. The summed E-state index contributed by atoms with van der Waals surface area (Å²) in [4.78, 5) is 0. The quantitative estimate of drug-likeness (QED) is 0.105. The topological polar surface area (TPSA) is 0 Å². The summed E-state index contributed by atoms with van der Waals surface area (Å²) in [5.41, 5.74) is 14.1. The van der Waals surface area contributed by atoms with Crippen molar-refractivity contribution in [3.63, 3.8) is 0 Å². The third kappa shape index (κ3) is 9.09. The first-order valence-corrected chi connectivity index (χ1v) is 21.3. The summed E-state index contributed by atoms with van der Waals surface area (Å²) in [6.45, 7) is 13.6. The van der Waals surface area contributed by atoms with Crippen LogP contribution in [-0.2, 0) is 38.7 Å². The van der Waals surface area contributed by atoms with Gasteiger partial charge in [0.25, 0.3) is 0 Å². The molecule has 0 spiro atoms. The standard InChI is InChI=1S/2C21H23.C12H7Si.Hf/c2*1-4-8-16-13-17-9-7-12-20(21(17)14-16)19-11-6-5-10-18(19)15(2)3;1-3-7-11-9(5-1)10-6-2-4-8-12(10)13-11;/h2*5-7,9-15H,4,8H2,1-3H3;1-7H;/q3*-1;. The van der Waals surface area contributed by atoms with Crippen LogP contribution in [0, 0.1) is 6.07 Å². The van der Waals surface area contributed by atoms with E-state index < -0.39 is 0 Å². The first-order valence-electron chi connectivity index (χ1n) is 20.3. The Balaban J connectivity index is 0.000000145. The molecule has 0 aromatic heterocycles. The zero-order valence-corrected chi connectivity index (χ0v) is 38.5. The maximum absolute atomic E-state index is 3.31. The van der Waals surface area contributed by atoms with E-state index in [2.05, 4.69) is 193 Å². The summed E-state index contributed by atoms with van der Waals surface area (Å²) in [6.07, 6.45) is 4.74. The van der Waals surface area contributed by atoms with Gasteiger partial charge in [-0.1, -0.05) is 161 Å². The molecule has 8 aromatic carbocycles. The molecular weight excluding hydrogens is 855 g/mol. The Kier molecular flexibility index (Phi) is 14.1. The molecule has 0 saturated heterocycles. The fourth-order valence-corrected chi connectivity index (χ4v) is 9.46. The molecule has 8 aromatic rings. The number of rotatable bonds is 8. The molecule has 0 unspecified atom stereocenters. The normalized spacial score (nSPS) is 11.4. The third-order valence-corrected chi connectivity index (χ3v) is 12.1. The molecule has 0 nitrogen and oxygen atoms in total. The van der Waals surface area contributed by atoms with E-state index in [1.165, 1.54) is 113 Å². The average Bonchev–Trinajstić information content (AvgIpc) is 3.93. The van der Waals surface area contributed by atoms with Gasteiger partial charge in [-0.2, -0.15) is 41.6 Å². The predicted molar refractivity (Wildman–Crippen MR) is 242 cm³/mol. The molecule has 0 saturated carbocycles. The molecule has 1 heterocycles. The molecule has 2 heteroatoms. The molecule has 0 aliphatic carbocycles. The second kappa shape index (κ2) is 19.2. The van der Waals surface area contributed by atoms with E-state index in [0.717, 1.165) is 9.52 Å². The van der Waals surface area contributed by atoms with Gasteiger partial charge in [-0.3, -0.25) is 0 Å². The Hall–Kier alpha value is -4.37. The van der Waals surface area contributed by atoms with Crippen LogP contribution in [0.1, 0.15) is 88.5 Å². The van der Waals surface area contributed by atoms with Gasteiger partial charge in [0.15, 0.2) is 0 Å². The van der Waals surface area contributed by atoms with Crippen molar-refractivity contribution in [2.75, 3.05) is 0 Å². The minimum absolute atomic E-state index is 0. The van der Waals surface area contributed by atoms with Gasteiger partial charge >= 0.3 is 0 Å². The number of hydrogen-bond donors (Lipinski definition) is 0. The monoisotopic (exact) mass is 909 g/mol. The van der Waals surface area contributed by atoms with E-state index in [-0.39, 0.29) is 25.8 Å². The maximum atomic E-state index is 3.31. The van der Waals surface area contributed by atoms with Crippen LogP contribution >= 0.6 is 0 Å². The Morgan fingerprint density at radius 2 is 0.946 bits per heavy atom. The molecule has 2 radical (unpaired) electrons. The van der Waals surface area contributed by atoms with Crippen LogP contribution in [0.5, 0.6) is 0 Å². The van der Waals surface area contributed by atoms with Crippen molar-refractivity contribution in [1.82, 2.24) is 0 Å². The summed E-state index contributed by atoms with van der Waals surface area (Å²) >= 11 is 0. The molecule has 0 N–H and O–H groups in total. The van der Waals surface area contributed by atoms with Gasteiger partial charge in [-0.15, -0.1) is 74.6 Å². The molecule has 56 heavy (non-hydrogen) atoms.